The van der Waals surface area contributed by atoms with Gasteiger partial charge in [0.25, 0.3) is 0 Å². The van der Waals surface area contributed by atoms with E-state index in [4.69, 9.17) is 4.74 Å². The average molecular weight is 262 g/mol. The predicted molar refractivity (Wildman–Crippen MR) is 71.6 cm³/mol. The number of nitrogens with zero attached hydrogens (tertiary/aromatic N) is 2. The molecule has 0 spiro atoms. The second-order valence-electron chi connectivity index (χ2n) is 4.26. The zero-order chi connectivity index (χ0) is 14.0. The van der Waals surface area contributed by atoms with Crippen LogP contribution in [0.1, 0.15) is 5.56 Å². The summed E-state index contributed by atoms with van der Waals surface area (Å²) in [6.07, 6.45) is 3.30. The third-order valence-corrected chi connectivity index (χ3v) is 2.99. The highest BCUT2D eigenvalue weighted by Crippen LogP contribution is 2.12. The maximum Gasteiger partial charge on any atom is 0.488 e. The van der Waals surface area contributed by atoms with Crippen LogP contribution in [0.15, 0.2) is 35.4 Å². The molecule has 2 aromatic rings. The molecule has 1 heterocycles. The van der Waals surface area contributed by atoms with E-state index in [9.17, 15) is 14.8 Å². The molecular formula is C12H15BN2O4. The summed E-state index contributed by atoms with van der Waals surface area (Å²) >= 11 is 0. The first-order valence-electron chi connectivity index (χ1n) is 5.77. The minimum absolute atomic E-state index is 0.166. The number of imidazole rings is 1. The van der Waals surface area contributed by atoms with Crippen LogP contribution in [0.3, 0.4) is 0 Å². The van der Waals surface area contributed by atoms with Gasteiger partial charge in [-0.1, -0.05) is 6.07 Å². The summed E-state index contributed by atoms with van der Waals surface area (Å²) in [5.74, 6) is 0.600. The summed E-state index contributed by atoms with van der Waals surface area (Å²) in [6, 6.07) is 4.91. The molecule has 0 saturated heterocycles. The number of hydrogen-bond acceptors (Lipinski definition) is 4. The average Bonchev–Trinajstić information content (AvgIpc) is 2.70. The Morgan fingerprint density at radius 1 is 1.32 bits per heavy atom. The fraction of sp³-hybridized carbons (Fsp3) is 0.250. The zero-order valence-corrected chi connectivity index (χ0v) is 10.8. The number of aryl methyl sites for hydroxylation is 1. The van der Waals surface area contributed by atoms with Gasteiger partial charge in [-0.3, -0.25) is 4.57 Å². The Kier molecular flexibility index (Phi) is 3.78. The largest absolute Gasteiger partial charge is 0.497 e. The molecule has 19 heavy (non-hydrogen) atoms. The molecule has 0 aliphatic heterocycles. The second kappa shape index (κ2) is 5.33. The Hall–Kier alpha value is -1.99. The number of benzene rings is 1. The van der Waals surface area contributed by atoms with Crippen molar-refractivity contribution >= 4 is 12.6 Å². The second-order valence-corrected chi connectivity index (χ2v) is 4.26. The van der Waals surface area contributed by atoms with Crippen molar-refractivity contribution in [1.29, 1.82) is 0 Å². The van der Waals surface area contributed by atoms with Gasteiger partial charge < -0.3 is 19.4 Å². The van der Waals surface area contributed by atoms with Crippen molar-refractivity contribution in [3.63, 3.8) is 0 Å². The molecule has 0 bridgehead atoms. The summed E-state index contributed by atoms with van der Waals surface area (Å²) in [4.78, 5) is 11.8. The lowest BCUT2D eigenvalue weighted by Crippen LogP contribution is -2.35. The van der Waals surface area contributed by atoms with E-state index in [2.05, 4.69) is 0 Å². The first-order chi connectivity index (χ1) is 9.02. The van der Waals surface area contributed by atoms with Gasteiger partial charge in [-0.2, -0.15) is 0 Å². The van der Waals surface area contributed by atoms with Crippen LogP contribution < -0.4 is 15.9 Å². The molecule has 0 saturated carbocycles. The van der Waals surface area contributed by atoms with Crippen molar-refractivity contribution in [1.82, 2.24) is 9.13 Å². The Bertz CT molecular complexity index is 633. The van der Waals surface area contributed by atoms with Crippen LogP contribution in [0.25, 0.3) is 0 Å². The zero-order valence-electron chi connectivity index (χ0n) is 10.8. The maximum absolute atomic E-state index is 11.8. The molecule has 1 aromatic heterocycles. The monoisotopic (exact) mass is 262 g/mol. The molecule has 0 unspecified atom stereocenters. The Morgan fingerprint density at radius 3 is 2.58 bits per heavy atom. The molecule has 7 heteroatoms. The predicted octanol–water partition coefficient (Wildman–Crippen LogP) is -1.08. The van der Waals surface area contributed by atoms with Gasteiger partial charge in [-0.15, -0.1) is 0 Å². The Labute approximate surface area is 110 Å². The minimum Gasteiger partial charge on any atom is -0.497 e. The molecule has 2 rings (SSSR count). The highest BCUT2D eigenvalue weighted by molar-refractivity contribution is 6.59. The van der Waals surface area contributed by atoms with E-state index < -0.39 is 7.12 Å². The fourth-order valence-corrected chi connectivity index (χ4v) is 1.91. The molecular weight excluding hydrogens is 247 g/mol. The van der Waals surface area contributed by atoms with E-state index in [0.29, 0.717) is 16.8 Å². The molecule has 2 N–H and O–H groups in total. The van der Waals surface area contributed by atoms with Gasteiger partial charge in [0, 0.05) is 19.4 Å². The molecule has 0 radical (unpaired) electrons. The number of hydrogen-bond donors (Lipinski definition) is 2. The van der Waals surface area contributed by atoms with Crippen molar-refractivity contribution in [3.8, 4) is 5.75 Å². The summed E-state index contributed by atoms with van der Waals surface area (Å²) in [7, 11) is 1.61. The van der Waals surface area contributed by atoms with E-state index in [-0.39, 0.29) is 12.2 Å². The van der Waals surface area contributed by atoms with E-state index in [0.717, 1.165) is 0 Å². The molecule has 0 amide bonds. The van der Waals surface area contributed by atoms with Gasteiger partial charge in [0.15, 0.2) is 0 Å². The van der Waals surface area contributed by atoms with Gasteiger partial charge in [-0.05, 0) is 23.2 Å². The third-order valence-electron chi connectivity index (χ3n) is 2.99. The molecule has 6 nitrogen and oxygen atoms in total. The first-order valence-corrected chi connectivity index (χ1v) is 5.77. The maximum atomic E-state index is 11.8. The number of methoxy groups -OCH3 is 1. The van der Waals surface area contributed by atoms with Crippen molar-refractivity contribution in [3.05, 3.63) is 46.6 Å². The standard InChI is InChI=1S/C12H15BN2O4/c1-14-5-6-15(12(14)16)8-9-7-10(19-2)3-4-11(9)13(17)18/h3-7,17-18H,8H2,1-2H3. The van der Waals surface area contributed by atoms with Crippen LogP contribution >= 0.6 is 0 Å². The lowest BCUT2D eigenvalue weighted by Gasteiger charge is -2.11. The topological polar surface area (TPSA) is 76.6 Å². The summed E-state index contributed by atoms with van der Waals surface area (Å²) in [6.45, 7) is 0.254. The van der Waals surface area contributed by atoms with E-state index in [1.54, 1.807) is 37.6 Å². The first kappa shape index (κ1) is 13.4. The van der Waals surface area contributed by atoms with Crippen molar-refractivity contribution in [2.24, 2.45) is 7.05 Å². The van der Waals surface area contributed by atoms with Crippen LogP contribution in [0.4, 0.5) is 0 Å². The number of ether oxygens (including phenoxy) is 1. The summed E-state index contributed by atoms with van der Waals surface area (Å²) in [5.41, 5.74) is 0.820. The Morgan fingerprint density at radius 2 is 2.05 bits per heavy atom. The smallest absolute Gasteiger partial charge is 0.488 e. The van der Waals surface area contributed by atoms with E-state index in [1.165, 1.54) is 16.2 Å². The molecule has 0 aliphatic rings. The Balaban J connectivity index is 2.42. The highest BCUT2D eigenvalue weighted by atomic mass is 16.5. The van der Waals surface area contributed by atoms with Crippen LogP contribution in [0.5, 0.6) is 5.75 Å². The third kappa shape index (κ3) is 2.72. The van der Waals surface area contributed by atoms with E-state index in [1.807, 2.05) is 0 Å². The molecule has 0 aliphatic carbocycles. The number of rotatable bonds is 4. The van der Waals surface area contributed by atoms with Gasteiger partial charge in [0.1, 0.15) is 5.75 Å². The van der Waals surface area contributed by atoms with Crippen molar-refractivity contribution in [2.75, 3.05) is 7.11 Å². The van der Waals surface area contributed by atoms with Gasteiger partial charge in [0.2, 0.25) is 0 Å². The van der Waals surface area contributed by atoms with Crippen molar-refractivity contribution in [2.45, 2.75) is 6.54 Å². The van der Waals surface area contributed by atoms with Crippen LogP contribution in [-0.2, 0) is 13.6 Å². The van der Waals surface area contributed by atoms with Gasteiger partial charge >= 0.3 is 12.8 Å². The normalized spacial score (nSPS) is 10.5. The van der Waals surface area contributed by atoms with Crippen LogP contribution in [0, 0.1) is 0 Å². The van der Waals surface area contributed by atoms with Crippen molar-refractivity contribution < 1.29 is 14.8 Å². The van der Waals surface area contributed by atoms with Gasteiger partial charge in [0.05, 0.1) is 13.7 Å². The molecule has 1 aromatic carbocycles. The lowest BCUT2D eigenvalue weighted by atomic mass is 9.77. The van der Waals surface area contributed by atoms with Crippen LogP contribution in [0.2, 0.25) is 0 Å². The summed E-state index contributed by atoms with van der Waals surface area (Å²) in [5, 5.41) is 18.7. The molecule has 0 atom stereocenters. The SMILES string of the molecule is COc1ccc(B(O)O)c(Cn2ccn(C)c2=O)c1. The fourth-order valence-electron chi connectivity index (χ4n) is 1.91. The number of aromatic nitrogens is 2. The minimum atomic E-state index is -1.58. The van der Waals surface area contributed by atoms with Crippen LogP contribution in [-0.4, -0.2) is 33.4 Å². The molecule has 100 valence electrons. The van der Waals surface area contributed by atoms with Gasteiger partial charge in [-0.25, -0.2) is 4.79 Å². The quantitative estimate of drug-likeness (QED) is 0.687. The summed E-state index contributed by atoms with van der Waals surface area (Å²) < 4.78 is 8.05. The van der Waals surface area contributed by atoms with E-state index >= 15 is 0 Å². The lowest BCUT2D eigenvalue weighted by molar-refractivity contribution is 0.413. The molecule has 0 fully saturated rings. The highest BCUT2D eigenvalue weighted by Gasteiger charge is 2.17.